The standard InChI is InChI=1S/C29H40Br2N2O2/c1-28(2,3)20-12-19(26(34)22(14-20)29(4,5)6)17-33(7)25-11-9-8-10-24(25)32-16-18-13-21(30)15-23(31)27(18)35/h12-16,24-25,34-35H,8-11,17H2,1-7H3/p-2/t24-,25-/m0/s1. The third-order valence-electron chi connectivity index (χ3n) is 6.96. The summed E-state index contributed by atoms with van der Waals surface area (Å²) in [4.78, 5) is 7.19. The van der Waals surface area contributed by atoms with Crippen molar-refractivity contribution in [2.45, 2.75) is 96.7 Å². The van der Waals surface area contributed by atoms with E-state index in [-0.39, 0.29) is 34.4 Å². The number of aliphatic imine (C=N–C) groups is 1. The van der Waals surface area contributed by atoms with Crippen LogP contribution in [0.1, 0.15) is 89.5 Å². The first-order valence-electron chi connectivity index (χ1n) is 12.4. The molecule has 6 heteroatoms. The largest absolute Gasteiger partial charge is 0.872 e. The molecule has 4 nitrogen and oxygen atoms in total. The van der Waals surface area contributed by atoms with Gasteiger partial charge in [0.25, 0.3) is 0 Å². The van der Waals surface area contributed by atoms with Gasteiger partial charge in [0, 0.05) is 27.7 Å². The van der Waals surface area contributed by atoms with Gasteiger partial charge in [-0.2, -0.15) is 0 Å². The van der Waals surface area contributed by atoms with Crippen LogP contribution >= 0.6 is 31.9 Å². The van der Waals surface area contributed by atoms with Crippen molar-refractivity contribution >= 4 is 38.1 Å². The minimum atomic E-state index is -0.211. The molecule has 1 fully saturated rings. The summed E-state index contributed by atoms with van der Waals surface area (Å²) in [5.74, 6) is 0.102. The summed E-state index contributed by atoms with van der Waals surface area (Å²) in [5.41, 5.74) is 3.27. The first-order valence-corrected chi connectivity index (χ1v) is 14.0. The van der Waals surface area contributed by atoms with Crippen molar-refractivity contribution in [1.29, 1.82) is 0 Å². The number of hydrogen-bond acceptors (Lipinski definition) is 4. The van der Waals surface area contributed by atoms with Gasteiger partial charge in [0.15, 0.2) is 0 Å². The lowest BCUT2D eigenvalue weighted by atomic mass is 9.78. The van der Waals surface area contributed by atoms with Gasteiger partial charge >= 0.3 is 0 Å². The Morgan fingerprint density at radius 2 is 1.60 bits per heavy atom. The Kier molecular flexibility index (Phi) is 8.81. The molecule has 0 bridgehead atoms. The van der Waals surface area contributed by atoms with Gasteiger partial charge in [-0.25, -0.2) is 0 Å². The van der Waals surface area contributed by atoms with Gasteiger partial charge in [0.2, 0.25) is 0 Å². The maximum atomic E-state index is 13.5. The van der Waals surface area contributed by atoms with Crippen LogP contribution in [-0.2, 0) is 17.4 Å². The smallest absolute Gasteiger partial charge is 0.0655 e. The van der Waals surface area contributed by atoms with Crippen molar-refractivity contribution in [3.05, 3.63) is 55.5 Å². The second kappa shape index (κ2) is 10.9. The maximum Gasteiger partial charge on any atom is 0.0655 e. The molecule has 0 unspecified atom stereocenters. The molecule has 2 atom stereocenters. The molecule has 0 radical (unpaired) electrons. The molecule has 0 aromatic heterocycles. The van der Waals surface area contributed by atoms with E-state index in [4.69, 9.17) is 4.99 Å². The summed E-state index contributed by atoms with van der Waals surface area (Å²) in [6.45, 7) is 13.5. The van der Waals surface area contributed by atoms with Gasteiger partial charge in [0.05, 0.1) is 6.04 Å². The van der Waals surface area contributed by atoms with Gasteiger partial charge in [-0.15, -0.1) is 5.75 Å². The van der Waals surface area contributed by atoms with E-state index in [1.165, 1.54) is 5.56 Å². The fourth-order valence-electron chi connectivity index (χ4n) is 4.81. The van der Waals surface area contributed by atoms with Crippen LogP contribution in [0.15, 0.2) is 38.2 Å². The molecule has 35 heavy (non-hydrogen) atoms. The van der Waals surface area contributed by atoms with Crippen LogP contribution in [0.25, 0.3) is 0 Å². The van der Waals surface area contributed by atoms with Gasteiger partial charge < -0.3 is 10.2 Å². The Hall–Kier alpha value is -1.37. The zero-order valence-electron chi connectivity index (χ0n) is 22.0. The van der Waals surface area contributed by atoms with Crippen molar-refractivity contribution in [2.24, 2.45) is 4.99 Å². The van der Waals surface area contributed by atoms with Crippen LogP contribution in [-0.4, -0.2) is 30.2 Å². The van der Waals surface area contributed by atoms with E-state index in [0.717, 1.165) is 41.3 Å². The van der Waals surface area contributed by atoms with E-state index in [1.807, 2.05) is 6.07 Å². The molecule has 1 aliphatic rings. The lowest BCUT2D eigenvalue weighted by molar-refractivity contribution is -0.271. The lowest BCUT2D eigenvalue weighted by Gasteiger charge is -2.38. The molecule has 0 aliphatic heterocycles. The number of likely N-dealkylation sites (N-methyl/N-ethyl adjacent to an activating group) is 1. The summed E-state index contributed by atoms with van der Waals surface area (Å²) in [5, 5.41) is 26.0. The van der Waals surface area contributed by atoms with Crippen LogP contribution in [0, 0.1) is 0 Å². The first-order chi connectivity index (χ1) is 16.2. The van der Waals surface area contributed by atoms with E-state index >= 15 is 0 Å². The summed E-state index contributed by atoms with van der Waals surface area (Å²) >= 11 is 6.80. The molecular formula is C29H38Br2N2O2-2. The molecule has 1 saturated carbocycles. The summed E-state index contributed by atoms with van der Waals surface area (Å²) in [6, 6.07) is 8.10. The average molecular weight is 606 g/mol. The number of hydrogen-bond donors (Lipinski definition) is 0. The van der Waals surface area contributed by atoms with E-state index < -0.39 is 0 Å². The highest BCUT2D eigenvalue weighted by Crippen LogP contribution is 2.37. The Morgan fingerprint density at radius 1 is 0.943 bits per heavy atom. The van der Waals surface area contributed by atoms with Gasteiger partial charge in [-0.1, -0.05) is 104 Å². The van der Waals surface area contributed by atoms with Crippen molar-refractivity contribution in [3.63, 3.8) is 0 Å². The summed E-state index contributed by atoms with van der Waals surface area (Å²) < 4.78 is 1.38. The van der Waals surface area contributed by atoms with E-state index in [0.29, 0.717) is 16.6 Å². The summed E-state index contributed by atoms with van der Waals surface area (Å²) in [7, 11) is 2.10. The molecule has 0 amide bonds. The molecule has 1 aliphatic carbocycles. The second-order valence-electron chi connectivity index (χ2n) is 11.9. The van der Waals surface area contributed by atoms with Crippen molar-refractivity contribution < 1.29 is 10.2 Å². The van der Waals surface area contributed by atoms with Gasteiger partial charge in [-0.05, 0) is 65.1 Å². The SMILES string of the molecule is CN(Cc1cc(C(C)(C)C)cc(C(C)(C)C)c1[O-])[C@H]1CCCC[C@@H]1N=Cc1cc(Br)cc(Br)c1[O-]. The normalized spacial score (nSPS) is 19.6. The monoisotopic (exact) mass is 604 g/mol. The summed E-state index contributed by atoms with van der Waals surface area (Å²) in [6.07, 6.45) is 6.01. The first kappa shape index (κ1) is 28.2. The number of nitrogens with zero attached hydrogens (tertiary/aromatic N) is 2. The Morgan fingerprint density at radius 3 is 2.23 bits per heavy atom. The zero-order chi connectivity index (χ0) is 26.1. The highest BCUT2D eigenvalue weighted by atomic mass is 79.9. The minimum absolute atomic E-state index is 0.0348. The third kappa shape index (κ3) is 6.90. The Labute approximate surface area is 228 Å². The predicted octanol–water partition coefficient (Wildman–Crippen LogP) is 6.82. The van der Waals surface area contributed by atoms with Crippen LogP contribution in [0.4, 0.5) is 0 Å². The van der Waals surface area contributed by atoms with E-state index in [9.17, 15) is 10.2 Å². The average Bonchev–Trinajstić information content (AvgIpc) is 2.75. The molecule has 192 valence electrons. The van der Waals surface area contributed by atoms with Crippen molar-refractivity contribution in [2.75, 3.05) is 7.05 Å². The molecule has 2 aromatic rings. The third-order valence-corrected chi connectivity index (χ3v) is 8.01. The minimum Gasteiger partial charge on any atom is -0.872 e. The molecule has 0 heterocycles. The molecule has 2 aromatic carbocycles. The van der Waals surface area contributed by atoms with E-state index in [1.54, 1.807) is 12.3 Å². The van der Waals surface area contributed by atoms with Crippen molar-refractivity contribution in [1.82, 2.24) is 4.90 Å². The fraction of sp³-hybridized carbons (Fsp3) is 0.552. The molecule has 0 N–H and O–H groups in total. The van der Waals surface area contributed by atoms with Crippen LogP contribution in [0.2, 0.25) is 0 Å². The van der Waals surface area contributed by atoms with Gasteiger partial charge in [-0.3, -0.25) is 9.89 Å². The Balaban J connectivity index is 1.90. The van der Waals surface area contributed by atoms with Crippen LogP contribution in [0.5, 0.6) is 11.5 Å². The highest BCUT2D eigenvalue weighted by molar-refractivity contribution is 9.11. The second-order valence-corrected chi connectivity index (χ2v) is 13.7. The Bertz CT molecular complexity index is 1080. The highest BCUT2D eigenvalue weighted by Gasteiger charge is 2.29. The number of halogens is 2. The quantitative estimate of drug-likeness (QED) is 0.352. The number of benzene rings is 2. The zero-order valence-corrected chi connectivity index (χ0v) is 25.2. The molecule has 0 spiro atoms. The van der Waals surface area contributed by atoms with Crippen molar-refractivity contribution in [3.8, 4) is 11.5 Å². The predicted molar refractivity (Wildman–Crippen MR) is 150 cm³/mol. The molecule has 3 rings (SSSR count). The number of rotatable bonds is 5. The van der Waals surface area contributed by atoms with Crippen LogP contribution in [0.3, 0.4) is 0 Å². The van der Waals surface area contributed by atoms with Crippen LogP contribution < -0.4 is 10.2 Å². The lowest BCUT2D eigenvalue weighted by Crippen LogP contribution is -2.42. The molecule has 0 saturated heterocycles. The molecular weight excluding hydrogens is 568 g/mol. The van der Waals surface area contributed by atoms with E-state index in [2.05, 4.69) is 97.5 Å². The maximum absolute atomic E-state index is 13.5. The topological polar surface area (TPSA) is 61.7 Å². The van der Waals surface area contributed by atoms with Gasteiger partial charge in [0.1, 0.15) is 0 Å². The fourth-order valence-corrected chi connectivity index (χ4v) is 6.07.